The average molecular weight is 405 g/mol. The van der Waals surface area contributed by atoms with Gasteiger partial charge < -0.3 is 20.4 Å². The summed E-state index contributed by atoms with van der Waals surface area (Å²) in [5.41, 5.74) is 0.662. The van der Waals surface area contributed by atoms with Gasteiger partial charge in [-0.3, -0.25) is 0 Å². The lowest BCUT2D eigenvalue weighted by molar-refractivity contribution is 0.0243. The molecule has 2 aromatic rings. The molecule has 29 heavy (non-hydrogen) atoms. The first-order valence-corrected chi connectivity index (χ1v) is 9.58. The van der Waals surface area contributed by atoms with Crippen molar-refractivity contribution in [3.8, 4) is 0 Å². The van der Waals surface area contributed by atoms with Crippen molar-refractivity contribution in [1.29, 1.82) is 0 Å². The Morgan fingerprint density at radius 1 is 0.724 bits per heavy atom. The Hall–Kier alpha value is -2.70. The number of hydrogen-bond acceptors (Lipinski definition) is 4. The highest BCUT2D eigenvalue weighted by molar-refractivity contribution is 5.87. The lowest BCUT2D eigenvalue weighted by atomic mass is 10.0. The van der Waals surface area contributed by atoms with Crippen LogP contribution in [-0.4, -0.2) is 44.6 Å². The number of carboxylic acid groups (broad SMARTS) is 2. The summed E-state index contributed by atoms with van der Waals surface area (Å²) in [6.45, 7) is 5.95. The highest BCUT2D eigenvalue weighted by Gasteiger charge is 2.09. The van der Waals surface area contributed by atoms with Gasteiger partial charge in [0.25, 0.3) is 0 Å². The molecule has 6 nitrogen and oxygen atoms in total. The molecular weight excluding hydrogens is 372 g/mol. The van der Waals surface area contributed by atoms with E-state index in [1.807, 2.05) is 0 Å². The molecular formula is C23H32O6. The molecule has 2 unspecified atom stereocenters. The zero-order valence-corrected chi connectivity index (χ0v) is 17.2. The second kappa shape index (κ2) is 15.2. The van der Waals surface area contributed by atoms with Crippen LogP contribution in [0.4, 0.5) is 0 Å². The van der Waals surface area contributed by atoms with E-state index in [4.69, 9.17) is 15.3 Å². The van der Waals surface area contributed by atoms with E-state index in [1.165, 1.54) is 0 Å². The van der Waals surface area contributed by atoms with Crippen LogP contribution in [0.25, 0.3) is 0 Å². The zero-order chi connectivity index (χ0) is 22.2. The molecule has 0 bridgehead atoms. The Bertz CT molecular complexity index is 634. The normalized spacial score (nSPS) is 11.9. The van der Waals surface area contributed by atoms with Crippen molar-refractivity contribution in [2.24, 2.45) is 5.92 Å². The average Bonchev–Trinajstić information content (AvgIpc) is 2.70. The van der Waals surface area contributed by atoms with Crippen LogP contribution in [0.15, 0.2) is 60.7 Å². The van der Waals surface area contributed by atoms with E-state index in [2.05, 4.69) is 13.8 Å². The fraction of sp³-hybridized carbons (Fsp3) is 0.391. The van der Waals surface area contributed by atoms with Crippen LogP contribution >= 0.6 is 0 Å². The van der Waals surface area contributed by atoms with Crippen molar-refractivity contribution in [2.45, 2.75) is 52.2 Å². The molecule has 0 aliphatic carbocycles. The Balaban J connectivity index is 0.000000408. The van der Waals surface area contributed by atoms with Gasteiger partial charge in [-0.2, -0.15) is 0 Å². The number of carbonyl (C=O) groups is 2. The van der Waals surface area contributed by atoms with Gasteiger partial charge in [0, 0.05) is 0 Å². The van der Waals surface area contributed by atoms with E-state index in [0.717, 1.165) is 19.3 Å². The topological polar surface area (TPSA) is 115 Å². The van der Waals surface area contributed by atoms with Crippen LogP contribution in [-0.2, 0) is 0 Å². The van der Waals surface area contributed by atoms with Gasteiger partial charge in [-0.25, -0.2) is 9.59 Å². The highest BCUT2D eigenvalue weighted by atomic mass is 16.4. The van der Waals surface area contributed by atoms with Gasteiger partial charge in [-0.1, -0.05) is 63.1 Å². The number of aliphatic hydroxyl groups is 2. The number of aliphatic hydroxyl groups excluding tert-OH is 2. The minimum absolute atomic E-state index is 0.331. The smallest absolute Gasteiger partial charge is 0.335 e. The van der Waals surface area contributed by atoms with Crippen LogP contribution in [0.3, 0.4) is 0 Å². The van der Waals surface area contributed by atoms with Gasteiger partial charge in [0.2, 0.25) is 0 Å². The maximum atomic E-state index is 10.2. The molecule has 4 N–H and O–H groups in total. The first kappa shape index (κ1) is 26.3. The van der Waals surface area contributed by atoms with Crippen molar-refractivity contribution in [3.63, 3.8) is 0 Å². The summed E-state index contributed by atoms with van der Waals surface area (Å²) in [7, 11) is 0. The summed E-state index contributed by atoms with van der Waals surface area (Å²) in [4.78, 5) is 20.4. The second-order valence-electron chi connectivity index (χ2n) is 6.98. The fourth-order valence-corrected chi connectivity index (χ4v) is 2.14. The van der Waals surface area contributed by atoms with Gasteiger partial charge >= 0.3 is 11.9 Å². The lowest BCUT2D eigenvalue weighted by Gasteiger charge is -2.13. The first-order chi connectivity index (χ1) is 13.6. The van der Waals surface area contributed by atoms with E-state index in [9.17, 15) is 14.7 Å². The third-order valence-corrected chi connectivity index (χ3v) is 3.88. The molecule has 0 spiro atoms. The second-order valence-corrected chi connectivity index (χ2v) is 6.98. The van der Waals surface area contributed by atoms with E-state index in [0.29, 0.717) is 17.0 Å². The minimum atomic E-state index is -0.879. The maximum Gasteiger partial charge on any atom is 0.335 e. The Labute approximate surface area is 172 Å². The zero-order valence-electron chi connectivity index (χ0n) is 17.2. The number of hydrogen-bond donors (Lipinski definition) is 4. The molecule has 0 saturated heterocycles. The molecule has 2 atom stereocenters. The number of carboxylic acids is 2. The van der Waals surface area contributed by atoms with Crippen molar-refractivity contribution in [3.05, 3.63) is 71.8 Å². The van der Waals surface area contributed by atoms with E-state index in [-0.39, 0.29) is 0 Å². The number of rotatable bonds is 7. The van der Waals surface area contributed by atoms with Gasteiger partial charge in [0.05, 0.1) is 23.3 Å². The summed E-state index contributed by atoms with van der Waals surface area (Å²) in [6, 6.07) is 16.6. The highest BCUT2D eigenvalue weighted by Crippen LogP contribution is 2.09. The molecule has 0 saturated carbocycles. The van der Waals surface area contributed by atoms with Gasteiger partial charge in [0.15, 0.2) is 0 Å². The van der Waals surface area contributed by atoms with Crippen LogP contribution in [0.5, 0.6) is 0 Å². The molecule has 160 valence electrons. The first-order valence-electron chi connectivity index (χ1n) is 9.58. The Morgan fingerprint density at radius 2 is 1.10 bits per heavy atom. The quantitative estimate of drug-likeness (QED) is 0.546. The van der Waals surface area contributed by atoms with Crippen LogP contribution < -0.4 is 0 Å². The summed E-state index contributed by atoms with van der Waals surface area (Å²) in [5, 5.41) is 34.9. The monoisotopic (exact) mass is 404 g/mol. The molecule has 0 fully saturated rings. The van der Waals surface area contributed by atoms with E-state index >= 15 is 0 Å². The predicted molar refractivity (Wildman–Crippen MR) is 113 cm³/mol. The third-order valence-electron chi connectivity index (χ3n) is 3.88. The van der Waals surface area contributed by atoms with Crippen LogP contribution in [0.2, 0.25) is 0 Å². The molecule has 0 heterocycles. The molecule has 2 aromatic carbocycles. The molecule has 6 heteroatoms. The van der Waals surface area contributed by atoms with Crippen molar-refractivity contribution in [2.75, 3.05) is 0 Å². The molecule has 0 aliphatic rings. The van der Waals surface area contributed by atoms with Gasteiger partial charge in [0.1, 0.15) is 0 Å². The largest absolute Gasteiger partial charge is 0.478 e. The summed E-state index contributed by atoms with van der Waals surface area (Å²) < 4.78 is 0. The summed E-state index contributed by atoms with van der Waals surface area (Å²) in [5.74, 6) is -1.07. The van der Waals surface area contributed by atoms with Gasteiger partial charge in [-0.15, -0.1) is 0 Å². The Morgan fingerprint density at radius 3 is 1.34 bits per heavy atom. The maximum absolute atomic E-state index is 10.2. The Kier molecular flexibility index (Phi) is 13.8. The number of benzene rings is 2. The summed E-state index contributed by atoms with van der Waals surface area (Å²) in [6.07, 6.45) is 1.74. The van der Waals surface area contributed by atoms with E-state index in [1.54, 1.807) is 67.6 Å². The minimum Gasteiger partial charge on any atom is -0.478 e. The third kappa shape index (κ3) is 14.0. The van der Waals surface area contributed by atoms with E-state index < -0.39 is 24.1 Å². The fourth-order valence-electron chi connectivity index (χ4n) is 2.14. The lowest BCUT2D eigenvalue weighted by Crippen LogP contribution is -2.22. The van der Waals surface area contributed by atoms with Crippen molar-refractivity contribution >= 4 is 11.9 Å². The molecule has 0 aliphatic heterocycles. The standard InChI is InChI=1S/C9H20O2.2C7H6O2/c1-7(2)5-4-6-9(11)8(3)10;2*8-7(9)6-4-2-1-3-5-6/h7-11H,4-6H2,1-3H3;2*1-5H,(H,8,9). The van der Waals surface area contributed by atoms with Gasteiger partial charge in [-0.05, 0) is 43.5 Å². The van der Waals surface area contributed by atoms with Crippen molar-refractivity contribution < 1.29 is 30.0 Å². The van der Waals surface area contributed by atoms with Crippen molar-refractivity contribution in [1.82, 2.24) is 0 Å². The van der Waals surface area contributed by atoms with Crippen LogP contribution in [0, 0.1) is 5.92 Å². The number of aromatic carboxylic acids is 2. The predicted octanol–water partition coefficient (Wildman–Crippen LogP) is 4.32. The molecule has 0 amide bonds. The molecule has 2 rings (SSSR count). The summed E-state index contributed by atoms with van der Waals surface area (Å²) >= 11 is 0. The molecule has 0 aromatic heterocycles. The SMILES string of the molecule is CC(C)CCCC(O)C(C)O.O=C(O)c1ccccc1.O=C(O)c1ccccc1. The molecule has 0 radical (unpaired) electrons. The van der Waals surface area contributed by atoms with Crippen LogP contribution in [0.1, 0.15) is 60.7 Å².